The lowest BCUT2D eigenvalue weighted by molar-refractivity contribution is 0.254. The highest BCUT2D eigenvalue weighted by Crippen LogP contribution is 2.25. The van der Waals surface area contributed by atoms with Crippen LogP contribution in [0.15, 0.2) is 41.9 Å². The van der Waals surface area contributed by atoms with Gasteiger partial charge in [-0.1, -0.05) is 12.1 Å². The molecule has 28 heavy (non-hydrogen) atoms. The van der Waals surface area contributed by atoms with E-state index in [1.807, 2.05) is 36.7 Å². The number of anilines is 2. The van der Waals surface area contributed by atoms with E-state index in [1.165, 1.54) is 11.3 Å². The van der Waals surface area contributed by atoms with Gasteiger partial charge in [0.15, 0.2) is 0 Å². The lowest BCUT2D eigenvalue weighted by Gasteiger charge is -2.12. The Morgan fingerprint density at radius 1 is 1.29 bits per heavy atom. The maximum Gasteiger partial charge on any atom is 0.326 e. The molecule has 0 bridgehead atoms. The smallest absolute Gasteiger partial charge is 0.326 e. The first-order chi connectivity index (χ1) is 13.5. The van der Waals surface area contributed by atoms with E-state index in [9.17, 15) is 4.79 Å². The van der Waals surface area contributed by atoms with Gasteiger partial charge >= 0.3 is 6.03 Å². The van der Waals surface area contributed by atoms with Crippen LogP contribution in [0.2, 0.25) is 0 Å². The van der Waals surface area contributed by atoms with Gasteiger partial charge in [-0.15, -0.1) is 11.3 Å². The summed E-state index contributed by atoms with van der Waals surface area (Å²) in [7, 11) is 3.95. The first-order valence-corrected chi connectivity index (χ1v) is 9.80. The predicted octanol–water partition coefficient (Wildman–Crippen LogP) is 3.01. The minimum atomic E-state index is -0.405. The number of pyridine rings is 1. The second-order valence-electron chi connectivity index (χ2n) is 6.54. The Morgan fingerprint density at radius 3 is 2.89 bits per heavy atom. The van der Waals surface area contributed by atoms with Crippen LogP contribution < -0.4 is 20.7 Å². The van der Waals surface area contributed by atoms with Crippen molar-refractivity contribution in [2.24, 2.45) is 0 Å². The van der Waals surface area contributed by atoms with Crippen molar-refractivity contribution >= 4 is 34.6 Å². The summed E-state index contributed by atoms with van der Waals surface area (Å²) < 4.78 is 5.58. The van der Waals surface area contributed by atoms with E-state index in [2.05, 4.69) is 38.9 Å². The van der Waals surface area contributed by atoms with Crippen molar-refractivity contribution in [1.29, 1.82) is 0 Å². The molecule has 1 aliphatic heterocycles. The zero-order chi connectivity index (χ0) is 19.9. The number of hydrogen-bond acceptors (Lipinski definition) is 7. The monoisotopic (exact) mass is 400 g/mol. The minimum Gasteiger partial charge on any atom is -0.476 e. The van der Waals surface area contributed by atoms with Crippen LogP contribution in [0.5, 0.6) is 5.88 Å². The van der Waals surface area contributed by atoms with E-state index in [0.29, 0.717) is 24.1 Å². The first-order valence-electron chi connectivity index (χ1n) is 8.92. The third kappa shape index (κ3) is 5.80. The molecule has 0 fully saturated rings. The standard InChI is InChI=1S/C19H24N6O2S/c1-13-11-14(7-8-20-13)18-22-16(12-28-18)24-19(26)23-15-5-4-6-17(21-15)27-10-9-25(2)3/h4-8,11-13,20H,9-10H2,1-3H3,(H2,21,23,24,26). The third-order valence-electron chi connectivity index (χ3n) is 3.80. The number of hydrogen-bond donors (Lipinski definition) is 3. The van der Waals surface area contributed by atoms with Gasteiger partial charge in [-0.3, -0.25) is 10.6 Å². The Balaban J connectivity index is 1.55. The number of thiazole rings is 1. The molecule has 2 aromatic heterocycles. The topological polar surface area (TPSA) is 91.4 Å². The molecule has 2 amide bonds. The molecule has 3 rings (SSSR count). The first kappa shape index (κ1) is 19.8. The molecule has 0 radical (unpaired) electrons. The summed E-state index contributed by atoms with van der Waals surface area (Å²) in [6, 6.07) is 5.09. The fourth-order valence-electron chi connectivity index (χ4n) is 2.43. The fraction of sp³-hybridized carbons (Fsp3) is 0.316. The summed E-state index contributed by atoms with van der Waals surface area (Å²) in [6.07, 6.45) is 5.96. The number of nitrogens with zero attached hydrogens (tertiary/aromatic N) is 3. The Hall–Kier alpha value is -2.91. The van der Waals surface area contributed by atoms with Gasteiger partial charge in [0.05, 0.1) is 0 Å². The van der Waals surface area contributed by atoms with Crippen molar-refractivity contribution in [2.45, 2.75) is 13.0 Å². The summed E-state index contributed by atoms with van der Waals surface area (Å²) in [4.78, 5) is 23.0. The molecule has 0 aromatic carbocycles. The van der Waals surface area contributed by atoms with Gasteiger partial charge in [0.2, 0.25) is 5.88 Å². The number of carbonyl (C=O) groups excluding carboxylic acids is 1. The highest BCUT2D eigenvalue weighted by molar-refractivity contribution is 7.11. The Bertz CT molecular complexity index is 877. The molecule has 1 atom stereocenters. The molecule has 8 nitrogen and oxygen atoms in total. The average molecular weight is 401 g/mol. The number of ether oxygens (including phenoxy) is 1. The van der Waals surface area contributed by atoms with Crippen LogP contribution in [-0.4, -0.2) is 54.2 Å². The summed E-state index contributed by atoms with van der Waals surface area (Å²) >= 11 is 1.48. The quantitative estimate of drug-likeness (QED) is 0.662. The fourth-order valence-corrected chi connectivity index (χ4v) is 3.19. The van der Waals surface area contributed by atoms with Crippen molar-refractivity contribution in [1.82, 2.24) is 20.2 Å². The molecule has 3 N–H and O–H groups in total. The molecule has 0 aliphatic carbocycles. The van der Waals surface area contributed by atoms with Gasteiger partial charge in [0, 0.05) is 29.6 Å². The van der Waals surface area contributed by atoms with Crippen molar-refractivity contribution in [3.05, 3.63) is 46.9 Å². The molecular formula is C19H24N6O2S. The lowest BCUT2D eigenvalue weighted by atomic mass is 10.1. The SMILES string of the molecule is CC1C=C(c2nc(NC(=O)Nc3cccc(OCCN(C)C)n3)cs2)C=CN1. The second kappa shape index (κ2) is 9.34. The van der Waals surface area contributed by atoms with E-state index in [4.69, 9.17) is 4.74 Å². The molecule has 1 aliphatic rings. The number of allylic oxidation sites excluding steroid dienone is 2. The van der Waals surface area contributed by atoms with Crippen LogP contribution in [0.4, 0.5) is 16.4 Å². The van der Waals surface area contributed by atoms with Crippen LogP contribution in [0, 0.1) is 0 Å². The molecule has 2 aromatic rings. The van der Waals surface area contributed by atoms with E-state index >= 15 is 0 Å². The van der Waals surface area contributed by atoms with Crippen molar-refractivity contribution < 1.29 is 9.53 Å². The zero-order valence-corrected chi connectivity index (χ0v) is 16.9. The Morgan fingerprint density at radius 2 is 2.11 bits per heavy atom. The number of rotatable bonds is 7. The number of amides is 2. The molecule has 0 saturated heterocycles. The van der Waals surface area contributed by atoms with Crippen LogP contribution in [0.1, 0.15) is 11.9 Å². The summed E-state index contributed by atoms with van der Waals surface area (Å²) in [5, 5.41) is 11.3. The lowest BCUT2D eigenvalue weighted by Crippen LogP contribution is -2.21. The zero-order valence-electron chi connectivity index (χ0n) is 16.1. The number of aromatic nitrogens is 2. The van der Waals surface area contributed by atoms with E-state index in [0.717, 1.165) is 17.1 Å². The molecule has 148 valence electrons. The maximum atomic E-state index is 12.3. The normalized spacial score (nSPS) is 15.7. The average Bonchev–Trinajstić information content (AvgIpc) is 3.10. The van der Waals surface area contributed by atoms with Gasteiger partial charge in [-0.05, 0) is 39.4 Å². The maximum absolute atomic E-state index is 12.3. The number of carbonyl (C=O) groups is 1. The molecule has 9 heteroatoms. The van der Waals surface area contributed by atoms with Gasteiger partial charge in [0.25, 0.3) is 0 Å². The van der Waals surface area contributed by atoms with Gasteiger partial charge in [-0.25, -0.2) is 9.78 Å². The third-order valence-corrected chi connectivity index (χ3v) is 4.69. The molecule has 1 unspecified atom stereocenters. The van der Waals surface area contributed by atoms with E-state index < -0.39 is 6.03 Å². The molecular weight excluding hydrogens is 376 g/mol. The van der Waals surface area contributed by atoms with Crippen LogP contribution in [0.3, 0.4) is 0 Å². The van der Waals surface area contributed by atoms with Crippen LogP contribution in [0.25, 0.3) is 5.57 Å². The molecule has 3 heterocycles. The number of dihydropyridines is 1. The molecule has 0 spiro atoms. The van der Waals surface area contributed by atoms with Gasteiger partial charge < -0.3 is 15.0 Å². The van der Waals surface area contributed by atoms with Crippen molar-refractivity contribution in [3.8, 4) is 5.88 Å². The van der Waals surface area contributed by atoms with E-state index in [-0.39, 0.29) is 6.04 Å². The van der Waals surface area contributed by atoms with Crippen molar-refractivity contribution in [2.75, 3.05) is 37.9 Å². The number of likely N-dealkylation sites (N-methyl/N-ethyl adjacent to an activating group) is 1. The summed E-state index contributed by atoms with van der Waals surface area (Å²) in [6.45, 7) is 3.37. The minimum absolute atomic E-state index is 0.252. The summed E-state index contributed by atoms with van der Waals surface area (Å²) in [5.74, 6) is 1.37. The summed E-state index contributed by atoms with van der Waals surface area (Å²) in [5.41, 5.74) is 1.04. The number of urea groups is 1. The van der Waals surface area contributed by atoms with E-state index in [1.54, 1.807) is 18.2 Å². The van der Waals surface area contributed by atoms with Gasteiger partial charge in [-0.2, -0.15) is 4.98 Å². The second-order valence-corrected chi connectivity index (χ2v) is 7.40. The Kier molecular flexibility index (Phi) is 6.62. The highest BCUT2D eigenvalue weighted by atomic mass is 32.1. The number of nitrogens with one attached hydrogen (secondary N) is 3. The van der Waals surface area contributed by atoms with Crippen LogP contribution >= 0.6 is 11.3 Å². The van der Waals surface area contributed by atoms with Crippen molar-refractivity contribution in [3.63, 3.8) is 0 Å². The van der Waals surface area contributed by atoms with Gasteiger partial charge in [0.1, 0.15) is 23.3 Å². The Labute approximate surface area is 168 Å². The molecule has 0 saturated carbocycles. The van der Waals surface area contributed by atoms with Crippen LogP contribution in [-0.2, 0) is 0 Å². The largest absolute Gasteiger partial charge is 0.476 e. The predicted molar refractivity (Wildman–Crippen MR) is 113 cm³/mol. The highest BCUT2D eigenvalue weighted by Gasteiger charge is 2.12.